The van der Waals surface area contributed by atoms with Gasteiger partial charge in [-0.1, -0.05) is 25.5 Å². The van der Waals surface area contributed by atoms with Crippen LogP contribution >= 0.6 is 0 Å². The van der Waals surface area contributed by atoms with E-state index >= 15 is 0 Å². The Labute approximate surface area is 185 Å². The molecule has 0 radical (unpaired) electrons. The van der Waals surface area contributed by atoms with E-state index in [1.165, 1.54) is 0 Å². The third kappa shape index (κ3) is 5.22. The van der Waals surface area contributed by atoms with Crippen molar-refractivity contribution < 1.29 is 9.59 Å². The summed E-state index contributed by atoms with van der Waals surface area (Å²) in [7, 11) is 0. The molecule has 1 atom stereocenters. The van der Waals surface area contributed by atoms with E-state index in [0.29, 0.717) is 18.2 Å². The molecule has 4 rings (SSSR count). The summed E-state index contributed by atoms with van der Waals surface area (Å²) in [5.74, 6) is 0.911. The number of urea groups is 1. The zero-order valence-corrected chi connectivity index (χ0v) is 18.1. The van der Waals surface area contributed by atoms with Gasteiger partial charge in [0.05, 0.1) is 11.0 Å². The average molecular weight is 440 g/mol. The number of aromatic nitrogens is 5. The van der Waals surface area contributed by atoms with Gasteiger partial charge in [0.15, 0.2) is 12.0 Å². The molecule has 1 saturated heterocycles. The van der Waals surface area contributed by atoms with Crippen molar-refractivity contribution in [2.45, 2.75) is 44.7 Å². The van der Waals surface area contributed by atoms with Crippen LogP contribution in [0.5, 0.6) is 0 Å². The number of carbonyl (C=O) groups excluding carboxylic acids is 2. The number of carbonyl (C=O) groups is 2. The van der Waals surface area contributed by atoms with Crippen LogP contribution in [0.2, 0.25) is 0 Å². The minimum atomic E-state index is -0.877. The maximum atomic E-state index is 12.9. The third-order valence-corrected chi connectivity index (χ3v) is 5.48. The molecule has 1 aromatic carbocycles. The average Bonchev–Trinajstić information content (AvgIpc) is 3.47. The maximum Gasteiger partial charge on any atom is 0.316 e. The van der Waals surface area contributed by atoms with Crippen molar-refractivity contribution in [3.05, 3.63) is 41.7 Å². The van der Waals surface area contributed by atoms with Gasteiger partial charge >= 0.3 is 6.03 Å². The van der Waals surface area contributed by atoms with Gasteiger partial charge in [0.1, 0.15) is 5.82 Å². The molecule has 3 aromatic rings. The summed E-state index contributed by atoms with van der Waals surface area (Å²) in [6.45, 7) is 4.42. The predicted molar refractivity (Wildman–Crippen MR) is 119 cm³/mol. The Balaban J connectivity index is 1.49. The Morgan fingerprint density at radius 2 is 1.97 bits per heavy atom. The second-order valence-electron chi connectivity index (χ2n) is 7.87. The van der Waals surface area contributed by atoms with Crippen molar-refractivity contribution in [1.82, 2.24) is 46.4 Å². The highest BCUT2D eigenvalue weighted by Gasteiger charge is 2.25. The van der Waals surface area contributed by atoms with Gasteiger partial charge in [-0.15, -0.1) is 5.10 Å². The van der Waals surface area contributed by atoms with Gasteiger partial charge in [-0.3, -0.25) is 9.89 Å². The molecule has 11 heteroatoms. The minimum Gasteiger partial charge on any atom is -0.339 e. The van der Waals surface area contributed by atoms with E-state index in [9.17, 15) is 9.59 Å². The molecule has 32 heavy (non-hydrogen) atoms. The Morgan fingerprint density at radius 3 is 2.75 bits per heavy atom. The van der Waals surface area contributed by atoms with E-state index in [0.717, 1.165) is 49.8 Å². The summed E-state index contributed by atoms with van der Waals surface area (Å²) < 4.78 is 0. The Kier molecular flexibility index (Phi) is 6.95. The molecule has 1 unspecified atom stereocenters. The highest BCUT2D eigenvalue weighted by Crippen LogP contribution is 2.21. The lowest BCUT2D eigenvalue weighted by Crippen LogP contribution is -2.46. The molecule has 0 saturated carbocycles. The number of piperidine rings is 1. The van der Waals surface area contributed by atoms with Gasteiger partial charge in [0.25, 0.3) is 5.91 Å². The van der Waals surface area contributed by atoms with E-state index in [1.54, 1.807) is 0 Å². The molecule has 2 aromatic heterocycles. The molecule has 1 aliphatic rings. The van der Waals surface area contributed by atoms with Gasteiger partial charge in [-0.25, -0.2) is 14.8 Å². The minimum absolute atomic E-state index is 0.0350. The Hall–Kier alpha value is -3.47. The van der Waals surface area contributed by atoms with Crippen molar-refractivity contribution in [3.63, 3.8) is 0 Å². The number of para-hydroxylation sites is 2. The molecule has 3 amide bonds. The third-order valence-electron chi connectivity index (χ3n) is 5.48. The summed E-state index contributed by atoms with van der Waals surface area (Å²) >= 11 is 0. The van der Waals surface area contributed by atoms with Gasteiger partial charge in [0.2, 0.25) is 5.82 Å². The summed E-state index contributed by atoms with van der Waals surface area (Å²) in [6, 6.07) is 7.11. The number of H-pyrrole nitrogens is 2. The molecule has 1 aliphatic heterocycles. The summed E-state index contributed by atoms with van der Waals surface area (Å²) in [5, 5.41) is 18.6. The molecule has 11 nitrogen and oxygen atoms in total. The highest BCUT2D eigenvalue weighted by molar-refractivity contribution is 5.91. The second-order valence-corrected chi connectivity index (χ2v) is 7.87. The standard InChI is InChI=1S/C21H29N9O2/c1-2-3-10-23-21(32)28-18(17-24-14-6-4-5-7-15(14)25-17)27-20(31)19-26-16(29-30-19)13-8-11-22-12-9-13/h4-7,13,18,22H,2-3,8-12H2,1H3,(H,24,25)(H,27,31)(H2,23,28,32)(H,26,29,30). The molecule has 0 bridgehead atoms. The zero-order valence-electron chi connectivity index (χ0n) is 18.1. The lowest BCUT2D eigenvalue weighted by molar-refractivity contribution is 0.0919. The fourth-order valence-corrected chi connectivity index (χ4v) is 3.69. The highest BCUT2D eigenvalue weighted by atomic mass is 16.2. The van der Waals surface area contributed by atoms with Gasteiger partial charge in [-0.2, -0.15) is 0 Å². The Bertz CT molecular complexity index is 1020. The van der Waals surface area contributed by atoms with Crippen LogP contribution in [0.1, 0.15) is 67.0 Å². The quantitative estimate of drug-likeness (QED) is 0.232. The molecule has 1 fully saturated rings. The molecule has 170 valence electrons. The van der Waals surface area contributed by atoms with Gasteiger partial charge in [-0.05, 0) is 44.5 Å². The summed E-state index contributed by atoms with van der Waals surface area (Å²) in [4.78, 5) is 37.4. The first-order valence-electron chi connectivity index (χ1n) is 11.1. The molecular formula is C21H29N9O2. The molecular weight excluding hydrogens is 410 g/mol. The number of aromatic amines is 2. The number of benzene rings is 1. The van der Waals surface area contributed by atoms with Crippen molar-refractivity contribution in [2.75, 3.05) is 19.6 Å². The SMILES string of the molecule is CCCCNC(=O)NC(NC(=O)c1n[nH]c(C2CCNCC2)n1)c1nc2ccccc2[nH]1. The normalized spacial score (nSPS) is 15.4. The number of amides is 3. The van der Waals surface area contributed by atoms with E-state index in [1.807, 2.05) is 31.2 Å². The fourth-order valence-electron chi connectivity index (χ4n) is 3.69. The van der Waals surface area contributed by atoms with Crippen LogP contribution in [-0.2, 0) is 0 Å². The maximum absolute atomic E-state index is 12.9. The van der Waals surface area contributed by atoms with Crippen molar-refractivity contribution in [3.8, 4) is 0 Å². The number of fused-ring (bicyclic) bond motifs is 1. The zero-order chi connectivity index (χ0) is 22.3. The van der Waals surface area contributed by atoms with Crippen LogP contribution in [0.3, 0.4) is 0 Å². The first-order valence-corrected chi connectivity index (χ1v) is 11.1. The summed E-state index contributed by atoms with van der Waals surface area (Å²) in [5.41, 5.74) is 1.54. The molecule has 3 heterocycles. The molecule has 6 N–H and O–H groups in total. The molecule has 0 spiro atoms. The number of nitrogens with one attached hydrogen (secondary N) is 6. The number of hydrogen-bond acceptors (Lipinski definition) is 6. The van der Waals surface area contributed by atoms with Crippen LogP contribution in [-0.4, -0.2) is 56.7 Å². The fraction of sp³-hybridized carbons (Fsp3) is 0.476. The van der Waals surface area contributed by atoms with Crippen LogP contribution < -0.4 is 21.3 Å². The largest absolute Gasteiger partial charge is 0.339 e. The van der Waals surface area contributed by atoms with Crippen LogP contribution in [0, 0.1) is 0 Å². The monoisotopic (exact) mass is 439 g/mol. The number of rotatable bonds is 8. The van der Waals surface area contributed by atoms with Crippen LogP contribution in [0.15, 0.2) is 24.3 Å². The second kappa shape index (κ2) is 10.2. The van der Waals surface area contributed by atoms with E-state index in [-0.39, 0.29) is 11.7 Å². The first kappa shape index (κ1) is 21.8. The predicted octanol–water partition coefficient (Wildman–Crippen LogP) is 1.68. The van der Waals surface area contributed by atoms with E-state index < -0.39 is 18.1 Å². The van der Waals surface area contributed by atoms with Crippen molar-refractivity contribution >= 4 is 23.0 Å². The smallest absolute Gasteiger partial charge is 0.316 e. The lowest BCUT2D eigenvalue weighted by atomic mass is 9.98. The first-order chi connectivity index (χ1) is 15.6. The van der Waals surface area contributed by atoms with E-state index in [2.05, 4.69) is 46.4 Å². The lowest BCUT2D eigenvalue weighted by Gasteiger charge is -2.20. The number of unbranched alkanes of at least 4 members (excludes halogenated alkanes) is 1. The van der Waals surface area contributed by atoms with Crippen LogP contribution in [0.25, 0.3) is 11.0 Å². The number of nitrogens with zero attached hydrogens (tertiary/aromatic N) is 3. The topological polar surface area (TPSA) is 153 Å². The number of imidazole rings is 1. The Morgan fingerprint density at radius 1 is 1.16 bits per heavy atom. The van der Waals surface area contributed by atoms with Crippen molar-refractivity contribution in [2.24, 2.45) is 0 Å². The van der Waals surface area contributed by atoms with E-state index in [4.69, 9.17) is 0 Å². The van der Waals surface area contributed by atoms with Crippen molar-refractivity contribution in [1.29, 1.82) is 0 Å². The number of hydrogen-bond donors (Lipinski definition) is 6. The van der Waals surface area contributed by atoms with Gasteiger partial charge < -0.3 is 26.3 Å². The molecule has 0 aliphatic carbocycles. The van der Waals surface area contributed by atoms with Crippen LogP contribution in [0.4, 0.5) is 4.79 Å². The van der Waals surface area contributed by atoms with Gasteiger partial charge in [0, 0.05) is 12.5 Å². The summed E-state index contributed by atoms with van der Waals surface area (Å²) in [6.07, 6.45) is 2.84.